The normalized spacial score (nSPS) is 16.3. The summed E-state index contributed by atoms with van der Waals surface area (Å²) < 4.78 is 45.8. The van der Waals surface area contributed by atoms with Crippen molar-refractivity contribution >= 4 is 22.6 Å². The number of nitrogens with one attached hydrogen (secondary N) is 1. The number of fused-ring (bicyclic) bond motifs is 1. The van der Waals surface area contributed by atoms with E-state index in [1.807, 2.05) is 0 Å². The highest BCUT2D eigenvalue weighted by atomic mass is 19.1. The van der Waals surface area contributed by atoms with Gasteiger partial charge in [0.25, 0.3) is 0 Å². The standard InChI is InChI=1S/C28H32F3N3O4/c1-38-22-2-3-24-23(15-22)26(18(16-29)17-33-24)25(35)4-5-28(27(36)37)6-9-34(10-7-28)11-8-32-21-13-19(30)12-20(31)14-21/h2-3,12-15,17,25,32,35H,4-11,16H2,1H3,(H,36,37)/t25-/m0/s1. The molecule has 38 heavy (non-hydrogen) atoms. The Bertz CT molecular complexity index is 1260. The molecule has 4 rings (SSSR count). The second kappa shape index (κ2) is 12.0. The number of pyridine rings is 1. The molecule has 0 unspecified atom stereocenters. The number of carboxylic acid groups (broad SMARTS) is 1. The number of halogens is 3. The van der Waals surface area contributed by atoms with Crippen molar-refractivity contribution < 1.29 is 32.9 Å². The van der Waals surface area contributed by atoms with Crippen LogP contribution in [0.25, 0.3) is 10.9 Å². The topological polar surface area (TPSA) is 94.9 Å². The van der Waals surface area contributed by atoms with Gasteiger partial charge in [0.15, 0.2) is 0 Å². The van der Waals surface area contributed by atoms with Gasteiger partial charge in [-0.05, 0) is 74.7 Å². The molecule has 1 fully saturated rings. The molecule has 204 valence electrons. The zero-order chi connectivity index (χ0) is 27.3. The van der Waals surface area contributed by atoms with Crippen molar-refractivity contribution in [2.24, 2.45) is 5.41 Å². The molecule has 1 aliphatic rings. The van der Waals surface area contributed by atoms with E-state index in [2.05, 4.69) is 15.2 Å². The Labute approximate surface area is 219 Å². The fourth-order valence-electron chi connectivity index (χ4n) is 5.21. The molecule has 7 nitrogen and oxygen atoms in total. The van der Waals surface area contributed by atoms with Crippen LogP contribution in [0.15, 0.2) is 42.6 Å². The Balaban J connectivity index is 1.39. The highest BCUT2D eigenvalue weighted by molar-refractivity contribution is 5.85. The molecule has 1 aliphatic heterocycles. The predicted octanol–water partition coefficient (Wildman–Crippen LogP) is 5.08. The zero-order valence-corrected chi connectivity index (χ0v) is 21.2. The average Bonchev–Trinajstić information content (AvgIpc) is 2.90. The Kier molecular flexibility index (Phi) is 8.73. The molecular formula is C28H32F3N3O4. The predicted molar refractivity (Wildman–Crippen MR) is 138 cm³/mol. The number of carbonyl (C=O) groups is 1. The molecule has 1 aromatic heterocycles. The first-order valence-electron chi connectivity index (χ1n) is 12.6. The van der Waals surface area contributed by atoms with Crippen LogP contribution in [-0.2, 0) is 11.5 Å². The lowest BCUT2D eigenvalue weighted by Crippen LogP contribution is -2.45. The van der Waals surface area contributed by atoms with Crippen LogP contribution in [0.2, 0.25) is 0 Å². The largest absolute Gasteiger partial charge is 0.497 e. The maximum Gasteiger partial charge on any atom is 0.309 e. The number of methoxy groups -OCH3 is 1. The smallest absolute Gasteiger partial charge is 0.309 e. The summed E-state index contributed by atoms with van der Waals surface area (Å²) in [6.07, 6.45) is 1.52. The monoisotopic (exact) mass is 531 g/mol. The van der Waals surface area contributed by atoms with Gasteiger partial charge in [-0.15, -0.1) is 0 Å². The van der Waals surface area contributed by atoms with E-state index >= 15 is 0 Å². The van der Waals surface area contributed by atoms with Crippen LogP contribution in [0, 0.1) is 17.0 Å². The lowest BCUT2D eigenvalue weighted by atomic mass is 9.74. The first-order valence-corrected chi connectivity index (χ1v) is 12.6. The van der Waals surface area contributed by atoms with Crippen LogP contribution < -0.4 is 10.1 Å². The lowest BCUT2D eigenvalue weighted by Gasteiger charge is -2.39. The molecule has 0 spiro atoms. The number of ether oxygens (including phenoxy) is 1. The van der Waals surface area contributed by atoms with Crippen LogP contribution in [0.4, 0.5) is 18.9 Å². The summed E-state index contributed by atoms with van der Waals surface area (Å²) in [7, 11) is 1.52. The van der Waals surface area contributed by atoms with E-state index < -0.39 is 35.8 Å². The number of aromatic nitrogens is 1. The van der Waals surface area contributed by atoms with Crippen molar-refractivity contribution in [3.63, 3.8) is 0 Å². The molecule has 1 atom stereocenters. The van der Waals surface area contributed by atoms with E-state index in [1.54, 1.807) is 18.2 Å². The van der Waals surface area contributed by atoms with E-state index in [4.69, 9.17) is 4.74 Å². The van der Waals surface area contributed by atoms with Gasteiger partial charge in [0.1, 0.15) is 24.1 Å². The van der Waals surface area contributed by atoms with Gasteiger partial charge >= 0.3 is 5.97 Å². The third kappa shape index (κ3) is 6.19. The zero-order valence-electron chi connectivity index (χ0n) is 21.2. The molecule has 2 heterocycles. The third-order valence-corrected chi connectivity index (χ3v) is 7.46. The van der Waals surface area contributed by atoms with Crippen molar-refractivity contribution in [3.8, 4) is 5.75 Å². The van der Waals surface area contributed by atoms with Crippen LogP contribution in [0.3, 0.4) is 0 Å². The van der Waals surface area contributed by atoms with Gasteiger partial charge in [0.05, 0.1) is 24.1 Å². The summed E-state index contributed by atoms with van der Waals surface area (Å²) in [6, 6.07) is 8.43. The average molecular weight is 532 g/mol. The number of benzene rings is 2. The fourth-order valence-corrected chi connectivity index (χ4v) is 5.21. The number of likely N-dealkylation sites (tertiary alicyclic amines) is 1. The van der Waals surface area contributed by atoms with Gasteiger partial charge in [-0.3, -0.25) is 9.78 Å². The molecule has 3 aromatic rings. The third-order valence-electron chi connectivity index (χ3n) is 7.46. The van der Waals surface area contributed by atoms with E-state index in [0.29, 0.717) is 66.9 Å². The van der Waals surface area contributed by atoms with Crippen molar-refractivity contribution in [3.05, 3.63) is 65.4 Å². The number of alkyl halides is 1. The second-order valence-electron chi connectivity index (χ2n) is 9.78. The Morgan fingerprint density at radius 1 is 1.18 bits per heavy atom. The first kappa shape index (κ1) is 27.7. The molecule has 1 saturated heterocycles. The highest BCUT2D eigenvalue weighted by Gasteiger charge is 2.41. The minimum absolute atomic E-state index is 0.155. The van der Waals surface area contributed by atoms with E-state index in [9.17, 15) is 28.2 Å². The van der Waals surface area contributed by atoms with Gasteiger partial charge in [-0.1, -0.05) is 0 Å². The summed E-state index contributed by atoms with van der Waals surface area (Å²) in [5.41, 5.74) is 0.611. The minimum Gasteiger partial charge on any atom is -0.497 e. The molecule has 10 heteroatoms. The number of hydrogen-bond donors (Lipinski definition) is 3. The van der Waals surface area contributed by atoms with Crippen molar-refractivity contribution in [2.45, 2.75) is 38.5 Å². The van der Waals surface area contributed by atoms with Gasteiger partial charge in [0, 0.05) is 42.0 Å². The van der Waals surface area contributed by atoms with Gasteiger partial charge in [0.2, 0.25) is 0 Å². The molecule has 0 radical (unpaired) electrons. The number of aliphatic hydroxyl groups is 1. The molecule has 0 aliphatic carbocycles. The number of piperidine rings is 1. The second-order valence-corrected chi connectivity index (χ2v) is 9.78. The number of anilines is 1. The highest BCUT2D eigenvalue weighted by Crippen LogP contribution is 2.40. The first-order chi connectivity index (χ1) is 18.2. The number of aliphatic carboxylic acids is 1. The number of hydrogen-bond acceptors (Lipinski definition) is 6. The molecular weight excluding hydrogens is 499 g/mol. The summed E-state index contributed by atoms with van der Waals surface area (Å²) in [6.45, 7) is 1.30. The number of rotatable bonds is 11. The van der Waals surface area contributed by atoms with Crippen LogP contribution in [0.1, 0.15) is 42.9 Å². The summed E-state index contributed by atoms with van der Waals surface area (Å²) in [5.74, 6) is -1.67. The van der Waals surface area contributed by atoms with Crippen LogP contribution in [-0.4, -0.2) is 59.4 Å². The Morgan fingerprint density at radius 2 is 1.89 bits per heavy atom. The van der Waals surface area contributed by atoms with E-state index in [-0.39, 0.29) is 18.4 Å². The van der Waals surface area contributed by atoms with Gasteiger partial charge in [-0.2, -0.15) is 0 Å². The summed E-state index contributed by atoms with van der Waals surface area (Å²) in [5, 5.41) is 24.8. The Hall–Kier alpha value is -3.37. The summed E-state index contributed by atoms with van der Waals surface area (Å²) >= 11 is 0. The Morgan fingerprint density at radius 3 is 2.53 bits per heavy atom. The van der Waals surface area contributed by atoms with Gasteiger partial charge in [-0.25, -0.2) is 13.2 Å². The minimum atomic E-state index is -1.07. The van der Waals surface area contributed by atoms with Crippen LogP contribution in [0.5, 0.6) is 5.75 Å². The lowest BCUT2D eigenvalue weighted by molar-refractivity contribution is -0.153. The van der Waals surface area contributed by atoms with Crippen molar-refractivity contribution in [1.29, 1.82) is 0 Å². The van der Waals surface area contributed by atoms with Gasteiger partial charge < -0.3 is 25.2 Å². The fraction of sp³-hybridized carbons (Fsp3) is 0.429. The summed E-state index contributed by atoms with van der Waals surface area (Å²) in [4.78, 5) is 18.7. The number of nitrogens with zero attached hydrogens (tertiary/aromatic N) is 2. The molecule has 3 N–H and O–H groups in total. The number of aliphatic hydroxyl groups excluding tert-OH is 1. The van der Waals surface area contributed by atoms with E-state index in [0.717, 1.165) is 6.07 Å². The quantitative estimate of drug-likeness (QED) is 0.318. The van der Waals surface area contributed by atoms with Crippen LogP contribution >= 0.6 is 0 Å². The maximum absolute atomic E-state index is 13.8. The molecule has 2 aromatic carbocycles. The van der Waals surface area contributed by atoms with Crippen molar-refractivity contribution in [2.75, 3.05) is 38.6 Å². The maximum atomic E-state index is 13.8. The molecule has 0 amide bonds. The molecule has 0 bridgehead atoms. The van der Waals surface area contributed by atoms with Crippen molar-refractivity contribution in [1.82, 2.24) is 9.88 Å². The SMILES string of the molecule is COc1ccc2ncc(CF)c([C@@H](O)CCC3(C(=O)O)CCN(CCNc4cc(F)cc(F)c4)CC3)c2c1. The van der Waals surface area contributed by atoms with E-state index in [1.165, 1.54) is 25.4 Å². The number of carboxylic acids is 1. The molecule has 0 saturated carbocycles.